The quantitative estimate of drug-likeness (QED) is 0.736. The van der Waals surface area contributed by atoms with Gasteiger partial charge in [-0.3, -0.25) is 4.90 Å². The van der Waals surface area contributed by atoms with Crippen LogP contribution in [0.4, 0.5) is 4.39 Å². The number of benzene rings is 2. The first-order chi connectivity index (χ1) is 14.2. The molecule has 5 heteroatoms. The van der Waals surface area contributed by atoms with Crippen molar-refractivity contribution in [2.24, 2.45) is 11.1 Å². The third kappa shape index (κ3) is 2.78. The molecule has 1 spiro atoms. The van der Waals surface area contributed by atoms with Gasteiger partial charge in [-0.2, -0.15) is 0 Å². The molecule has 2 bridgehead atoms. The predicted octanol–water partition coefficient (Wildman–Crippen LogP) is 3.97. The number of oxime groups is 1. The number of piperidine rings is 3. The first-order valence-corrected chi connectivity index (χ1v) is 10.8. The van der Waals surface area contributed by atoms with E-state index >= 15 is 0 Å². The monoisotopic (exact) mass is 391 g/mol. The lowest BCUT2D eigenvalue weighted by molar-refractivity contribution is -0.136. The predicted molar refractivity (Wildman–Crippen MR) is 110 cm³/mol. The lowest BCUT2D eigenvalue weighted by Gasteiger charge is -2.49. The fourth-order valence-electron chi connectivity index (χ4n) is 5.91. The van der Waals surface area contributed by atoms with Crippen LogP contribution in [0, 0.1) is 11.7 Å². The maximum Gasteiger partial charge on any atom is 0.160 e. The van der Waals surface area contributed by atoms with E-state index in [0.717, 1.165) is 37.3 Å². The minimum atomic E-state index is -0.197. The number of fused-ring (bicyclic) bond motifs is 3. The molecular formula is C24H26FN3O. The zero-order chi connectivity index (χ0) is 19.4. The highest BCUT2D eigenvalue weighted by Gasteiger charge is 2.53. The lowest BCUT2D eigenvalue weighted by atomic mass is 9.73. The second kappa shape index (κ2) is 6.56. The molecule has 0 radical (unpaired) electrons. The van der Waals surface area contributed by atoms with Crippen molar-refractivity contribution in [1.29, 1.82) is 0 Å². The van der Waals surface area contributed by atoms with Gasteiger partial charge < -0.3 is 9.74 Å². The number of rotatable bonds is 1. The second-order valence-electron chi connectivity index (χ2n) is 8.99. The van der Waals surface area contributed by atoms with E-state index in [-0.39, 0.29) is 17.5 Å². The van der Waals surface area contributed by atoms with E-state index in [0.29, 0.717) is 5.92 Å². The van der Waals surface area contributed by atoms with E-state index in [9.17, 15) is 4.39 Å². The molecule has 1 unspecified atom stereocenters. The first kappa shape index (κ1) is 17.5. The van der Waals surface area contributed by atoms with Crippen LogP contribution in [0.1, 0.15) is 42.0 Å². The third-order valence-electron chi connectivity index (χ3n) is 7.41. The second-order valence-corrected chi connectivity index (χ2v) is 8.99. The Labute approximate surface area is 170 Å². The Morgan fingerprint density at radius 3 is 2.55 bits per heavy atom. The van der Waals surface area contributed by atoms with Crippen molar-refractivity contribution in [3.63, 3.8) is 0 Å². The van der Waals surface area contributed by atoms with Gasteiger partial charge in [-0.15, -0.1) is 0 Å². The number of hydrogen-bond donors (Lipinski definition) is 0. The van der Waals surface area contributed by atoms with Gasteiger partial charge >= 0.3 is 0 Å². The van der Waals surface area contributed by atoms with Crippen LogP contribution in [0.2, 0.25) is 0 Å². The Morgan fingerprint density at radius 2 is 1.79 bits per heavy atom. The van der Waals surface area contributed by atoms with Crippen LogP contribution in [-0.4, -0.2) is 47.4 Å². The maximum atomic E-state index is 13.6. The average Bonchev–Trinajstić information content (AvgIpc) is 3.17. The standard InChI is InChI=1S/C24H26FN3O/c25-20-7-5-18(6-8-20)23-21-4-2-1-3-17(21)9-14-28(23)22-15-24(29-26-22)16-27-12-10-19(24)11-13-27/h1-8,19,23H,9-16H2/t23-,24?/m0/s1. The zero-order valence-corrected chi connectivity index (χ0v) is 16.6. The third-order valence-corrected chi connectivity index (χ3v) is 7.41. The summed E-state index contributed by atoms with van der Waals surface area (Å²) in [5, 5.41) is 4.66. The van der Waals surface area contributed by atoms with Crippen molar-refractivity contribution in [2.45, 2.75) is 37.3 Å². The summed E-state index contributed by atoms with van der Waals surface area (Å²) in [4.78, 5) is 11.2. The Balaban J connectivity index is 1.35. The highest BCUT2D eigenvalue weighted by molar-refractivity contribution is 5.85. The number of nitrogens with zero attached hydrogens (tertiary/aromatic N) is 3. The van der Waals surface area contributed by atoms with Gasteiger partial charge in [0, 0.05) is 19.0 Å². The van der Waals surface area contributed by atoms with Gasteiger partial charge in [0.15, 0.2) is 5.60 Å². The smallest absolute Gasteiger partial charge is 0.160 e. The lowest BCUT2D eigenvalue weighted by Crippen LogP contribution is -2.59. The van der Waals surface area contributed by atoms with E-state index in [1.54, 1.807) is 12.1 Å². The number of hydrogen-bond acceptors (Lipinski definition) is 4. The summed E-state index contributed by atoms with van der Waals surface area (Å²) >= 11 is 0. The molecule has 5 aliphatic heterocycles. The normalized spacial score (nSPS) is 32.8. The van der Waals surface area contributed by atoms with Crippen molar-refractivity contribution < 1.29 is 9.23 Å². The molecule has 2 aromatic carbocycles. The van der Waals surface area contributed by atoms with Crippen LogP contribution >= 0.6 is 0 Å². The van der Waals surface area contributed by atoms with Crippen molar-refractivity contribution in [3.8, 4) is 0 Å². The molecule has 29 heavy (non-hydrogen) atoms. The molecule has 0 amide bonds. The van der Waals surface area contributed by atoms with E-state index in [1.165, 1.54) is 37.1 Å². The molecule has 2 atom stereocenters. The molecule has 0 aliphatic carbocycles. The van der Waals surface area contributed by atoms with Gasteiger partial charge in [-0.05, 0) is 61.2 Å². The van der Waals surface area contributed by atoms with Crippen molar-refractivity contribution in [3.05, 3.63) is 71.0 Å². The Kier molecular flexibility index (Phi) is 3.95. The summed E-state index contributed by atoms with van der Waals surface area (Å²) in [6.45, 7) is 4.29. The van der Waals surface area contributed by atoms with Gasteiger partial charge in [-0.1, -0.05) is 41.6 Å². The summed E-state index contributed by atoms with van der Waals surface area (Å²) in [5.74, 6) is 1.47. The minimum Gasteiger partial charge on any atom is -0.386 e. The van der Waals surface area contributed by atoms with Crippen LogP contribution in [0.3, 0.4) is 0 Å². The molecular weight excluding hydrogens is 365 g/mol. The molecule has 3 fully saturated rings. The molecule has 0 N–H and O–H groups in total. The van der Waals surface area contributed by atoms with Gasteiger partial charge in [0.05, 0.1) is 12.5 Å². The zero-order valence-electron chi connectivity index (χ0n) is 16.6. The Hall–Kier alpha value is -2.40. The molecule has 3 saturated heterocycles. The SMILES string of the molecule is Fc1ccc([C@H]2c3ccccc3CCN2C2=NOC3(C2)CN2CCC3CC2)cc1. The Morgan fingerprint density at radius 1 is 1.00 bits per heavy atom. The topological polar surface area (TPSA) is 28.1 Å². The molecule has 7 rings (SSSR count). The largest absolute Gasteiger partial charge is 0.386 e. The molecule has 4 nitrogen and oxygen atoms in total. The summed E-state index contributed by atoms with van der Waals surface area (Å²) in [6.07, 6.45) is 4.31. The van der Waals surface area contributed by atoms with Crippen LogP contribution in [0.5, 0.6) is 0 Å². The average molecular weight is 391 g/mol. The summed E-state index contributed by atoms with van der Waals surface area (Å²) < 4.78 is 13.6. The van der Waals surface area contributed by atoms with Crippen molar-refractivity contribution in [2.75, 3.05) is 26.2 Å². The summed E-state index contributed by atoms with van der Waals surface area (Å²) in [5.41, 5.74) is 3.63. The molecule has 150 valence electrons. The van der Waals surface area contributed by atoms with Crippen LogP contribution in [0.15, 0.2) is 53.7 Å². The van der Waals surface area contributed by atoms with E-state index < -0.39 is 0 Å². The molecule has 0 aromatic heterocycles. The van der Waals surface area contributed by atoms with Crippen molar-refractivity contribution >= 4 is 5.84 Å². The molecule has 5 aliphatic rings. The van der Waals surface area contributed by atoms with E-state index in [4.69, 9.17) is 4.84 Å². The fourth-order valence-corrected chi connectivity index (χ4v) is 5.91. The van der Waals surface area contributed by atoms with Crippen molar-refractivity contribution in [1.82, 2.24) is 9.80 Å². The van der Waals surface area contributed by atoms with Crippen LogP contribution in [-0.2, 0) is 11.3 Å². The Bertz CT molecular complexity index is 951. The highest BCUT2D eigenvalue weighted by atomic mass is 19.1. The first-order valence-electron chi connectivity index (χ1n) is 10.8. The molecule has 2 aromatic rings. The van der Waals surface area contributed by atoms with E-state index in [1.807, 2.05) is 12.1 Å². The summed E-state index contributed by atoms with van der Waals surface area (Å²) in [7, 11) is 0. The fraction of sp³-hybridized carbons (Fsp3) is 0.458. The molecule has 5 heterocycles. The maximum absolute atomic E-state index is 13.6. The summed E-state index contributed by atoms with van der Waals surface area (Å²) in [6, 6.07) is 15.6. The van der Waals surface area contributed by atoms with E-state index in [2.05, 4.69) is 39.2 Å². The molecule has 0 saturated carbocycles. The van der Waals surface area contributed by atoms with Crippen LogP contribution in [0.25, 0.3) is 0 Å². The number of halogens is 1. The van der Waals surface area contributed by atoms with Gasteiger partial charge in [0.1, 0.15) is 11.7 Å². The van der Waals surface area contributed by atoms with Gasteiger partial charge in [-0.25, -0.2) is 4.39 Å². The number of amidine groups is 1. The van der Waals surface area contributed by atoms with Crippen LogP contribution < -0.4 is 0 Å². The highest BCUT2D eigenvalue weighted by Crippen LogP contribution is 2.45. The van der Waals surface area contributed by atoms with Gasteiger partial charge in [0.25, 0.3) is 0 Å². The minimum absolute atomic E-state index is 0.0548. The van der Waals surface area contributed by atoms with Gasteiger partial charge in [0.2, 0.25) is 0 Å².